The highest BCUT2D eigenvalue weighted by molar-refractivity contribution is 8.00. The second kappa shape index (κ2) is 6.24. The lowest BCUT2D eigenvalue weighted by atomic mass is 9.70. The Morgan fingerprint density at radius 3 is 2.86 bits per heavy atom. The van der Waals surface area contributed by atoms with Crippen molar-refractivity contribution in [3.8, 4) is 0 Å². The second-order valence-electron chi connectivity index (χ2n) is 6.03. The summed E-state index contributed by atoms with van der Waals surface area (Å²) in [5.74, 6) is -0.0564. The van der Waals surface area contributed by atoms with Crippen molar-refractivity contribution in [3.05, 3.63) is 11.1 Å². The first-order chi connectivity index (χ1) is 9.83. The van der Waals surface area contributed by atoms with Crippen LogP contribution < -0.4 is 0 Å². The fourth-order valence-corrected chi connectivity index (χ4v) is 3.89. The van der Waals surface area contributed by atoms with Gasteiger partial charge in [0.1, 0.15) is 10.0 Å². The summed E-state index contributed by atoms with van der Waals surface area (Å²) in [6.07, 6.45) is 2.46. The Kier molecular flexibility index (Phi) is 4.97. The minimum atomic E-state index is -0.898. The van der Waals surface area contributed by atoms with Gasteiger partial charge >= 0.3 is 0 Å². The normalized spacial score (nSPS) is 25.1. The number of piperidine rings is 1. The van der Waals surface area contributed by atoms with Crippen molar-refractivity contribution >= 4 is 29.0 Å². The lowest BCUT2D eigenvalue weighted by molar-refractivity contribution is -0.144. The van der Waals surface area contributed by atoms with Crippen LogP contribution in [-0.4, -0.2) is 59.6 Å². The molecule has 1 aromatic rings. The molecule has 0 aliphatic carbocycles. The van der Waals surface area contributed by atoms with Crippen LogP contribution in [0.2, 0.25) is 0 Å². The van der Waals surface area contributed by atoms with E-state index in [2.05, 4.69) is 4.98 Å². The number of hydrogen-bond acceptors (Lipinski definition) is 6. The molecule has 1 amide bonds. The van der Waals surface area contributed by atoms with Crippen LogP contribution in [0, 0.1) is 5.41 Å². The molecule has 5 nitrogen and oxygen atoms in total. The smallest absolute Gasteiger partial charge is 0.273 e. The van der Waals surface area contributed by atoms with Gasteiger partial charge in [-0.15, -0.1) is 11.3 Å². The average molecular weight is 330 g/mol. The third-order valence-electron chi connectivity index (χ3n) is 4.19. The molecule has 0 aromatic carbocycles. The molecule has 0 saturated carbocycles. The lowest BCUT2D eigenvalue weighted by Gasteiger charge is -2.49. The van der Waals surface area contributed by atoms with E-state index >= 15 is 0 Å². The molecule has 1 aromatic heterocycles. The standard InChI is InChI=1S/C14H22N2O3S2/c1-13(2)8-16(6-5-14(13,18)9-19-3)11(17)10-7-21-12(15-10)20-4/h7,18H,5-6,8-9H2,1-4H3/t14-/m1/s1. The SMILES string of the molecule is COC[C@]1(O)CCN(C(=O)c2csc(SC)n2)CC1(C)C. The van der Waals surface area contributed by atoms with Crippen LogP contribution in [0.4, 0.5) is 0 Å². The van der Waals surface area contributed by atoms with Crippen molar-refractivity contribution in [1.82, 2.24) is 9.88 Å². The lowest BCUT2D eigenvalue weighted by Crippen LogP contribution is -2.60. The Bertz CT molecular complexity index is 518. The molecule has 2 rings (SSSR count). The fourth-order valence-electron chi connectivity index (χ4n) is 2.65. The number of aromatic nitrogens is 1. The summed E-state index contributed by atoms with van der Waals surface area (Å²) < 4.78 is 6.05. The zero-order chi connectivity index (χ0) is 15.7. The first kappa shape index (κ1) is 16.7. The minimum Gasteiger partial charge on any atom is -0.387 e. The fraction of sp³-hybridized carbons (Fsp3) is 0.714. The Balaban J connectivity index is 2.12. The number of methoxy groups -OCH3 is 1. The summed E-state index contributed by atoms with van der Waals surface area (Å²) in [6, 6.07) is 0. The van der Waals surface area contributed by atoms with Gasteiger partial charge in [0.25, 0.3) is 5.91 Å². The van der Waals surface area contributed by atoms with E-state index < -0.39 is 11.0 Å². The predicted octanol–water partition coefficient (Wildman–Crippen LogP) is 2.11. The molecule has 1 aliphatic rings. The van der Waals surface area contributed by atoms with Gasteiger partial charge in [-0.2, -0.15) is 0 Å². The summed E-state index contributed by atoms with van der Waals surface area (Å²) in [5.41, 5.74) is -0.822. The van der Waals surface area contributed by atoms with Gasteiger partial charge in [0.2, 0.25) is 0 Å². The van der Waals surface area contributed by atoms with E-state index in [9.17, 15) is 9.90 Å². The third-order valence-corrected chi connectivity index (χ3v) is 6.05. The number of rotatable bonds is 4. The molecule has 0 spiro atoms. The molecule has 0 unspecified atom stereocenters. The van der Waals surface area contributed by atoms with Crippen LogP contribution >= 0.6 is 23.1 Å². The van der Waals surface area contributed by atoms with Crippen LogP contribution in [0.5, 0.6) is 0 Å². The van der Waals surface area contributed by atoms with Crippen LogP contribution in [0.1, 0.15) is 30.8 Å². The van der Waals surface area contributed by atoms with Crippen LogP contribution in [0.15, 0.2) is 9.72 Å². The van der Waals surface area contributed by atoms with Crippen LogP contribution in [0.25, 0.3) is 0 Å². The largest absolute Gasteiger partial charge is 0.387 e. The molecule has 21 heavy (non-hydrogen) atoms. The highest BCUT2D eigenvalue weighted by Gasteiger charge is 2.48. The van der Waals surface area contributed by atoms with Crippen molar-refractivity contribution < 1.29 is 14.6 Å². The molecule has 1 atom stereocenters. The van der Waals surface area contributed by atoms with Crippen molar-refractivity contribution in [1.29, 1.82) is 0 Å². The summed E-state index contributed by atoms with van der Waals surface area (Å²) in [4.78, 5) is 18.6. The van der Waals surface area contributed by atoms with E-state index in [1.54, 1.807) is 17.4 Å². The number of nitrogens with zero attached hydrogens (tertiary/aromatic N) is 2. The molecule has 7 heteroatoms. The van der Waals surface area contributed by atoms with E-state index in [1.807, 2.05) is 20.1 Å². The maximum atomic E-state index is 12.5. The number of hydrogen-bond donors (Lipinski definition) is 1. The van der Waals surface area contributed by atoms with E-state index in [1.165, 1.54) is 23.1 Å². The number of thiazole rings is 1. The molecule has 1 saturated heterocycles. The molecule has 1 fully saturated rings. The predicted molar refractivity (Wildman–Crippen MR) is 85.0 cm³/mol. The molecular weight excluding hydrogens is 308 g/mol. The van der Waals surface area contributed by atoms with Gasteiger partial charge in [-0.05, 0) is 12.7 Å². The Labute approximate surface area is 133 Å². The van der Waals surface area contributed by atoms with Gasteiger partial charge in [-0.3, -0.25) is 4.79 Å². The van der Waals surface area contributed by atoms with Gasteiger partial charge in [-0.25, -0.2) is 4.98 Å². The van der Waals surface area contributed by atoms with Crippen molar-refractivity contribution in [2.75, 3.05) is 33.1 Å². The van der Waals surface area contributed by atoms with Crippen molar-refractivity contribution in [2.45, 2.75) is 30.2 Å². The zero-order valence-electron chi connectivity index (χ0n) is 12.9. The number of ether oxygens (including phenoxy) is 1. The minimum absolute atomic E-state index is 0.0564. The third kappa shape index (κ3) is 3.26. The Hall–Kier alpha value is -0.630. The van der Waals surface area contributed by atoms with E-state index in [4.69, 9.17) is 4.74 Å². The summed E-state index contributed by atoms with van der Waals surface area (Å²) >= 11 is 3.02. The van der Waals surface area contributed by atoms with Gasteiger partial charge in [0.05, 0.1) is 12.2 Å². The van der Waals surface area contributed by atoms with Gasteiger partial charge in [0, 0.05) is 31.0 Å². The van der Waals surface area contributed by atoms with Gasteiger partial charge in [0.15, 0.2) is 0 Å². The van der Waals surface area contributed by atoms with Crippen molar-refractivity contribution in [2.24, 2.45) is 5.41 Å². The highest BCUT2D eigenvalue weighted by Crippen LogP contribution is 2.39. The summed E-state index contributed by atoms with van der Waals surface area (Å²) in [6.45, 7) is 5.25. The number of thioether (sulfide) groups is 1. The monoisotopic (exact) mass is 330 g/mol. The maximum Gasteiger partial charge on any atom is 0.273 e. The molecule has 1 N–H and O–H groups in total. The first-order valence-electron chi connectivity index (χ1n) is 6.83. The Morgan fingerprint density at radius 1 is 1.62 bits per heavy atom. The molecule has 0 radical (unpaired) electrons. The number of carbonyl (C=O) groups excluding carboxylic acids is 1. The van der Waals surface area contributed by atoms with Gasteiger partial charge < -0.3 is 14.7 Å². The molecule has 0 bridgehead atoms. The summed E-state index contributed by atoms with van der Waals surface area (Å²) in [7, 11) is 1.59. The second-order valence-corrected chi connectivity index (χ2v) is 7.94. The number of aliphatic hydroxyl groups is 1. The molecule has 118 valence electrons. The topological polar surface area (TPSA) is 62.7 Å². The van der Waals surface area contributed by atoms with E-state index in [-0.39, 0.29) is 12.5 Å². The first-order valence-corrected chi connectivity index (χ1v) is 8.93. The number of carbonyl (C=O) groups is 1. The van der Waals surface area contributed by atoms with Crippen molar-refractivity contribution in [3.63, 3.8) is 0 Å². The Morgan fingerprint density at radius 2 is 2.33 bits per heavy atom. The van der Waals surface area contributed by atoms with E-state index in [0.717, 1.165) is 4.34 Å². The average Bonchev–Trinajstić information content (AvgIpc) is 2.90. The van der Waals surface area contributed by atoms with E-state index in [0.29, 0.717) is 25.2 Å². The highest BCUT2D eigenvalue weighted by atomic mass is 32.2. The quantitative estimate of drug-likeness (QED) is 0.857. The maximum absolute atomic E-state index is 12.5. The van der Waals surface area contributed by atoms with Crippen LogP contribution in [0.3, 0.4) is 0 Å². The zero-order valence-corrected chi connectivity index (χ0v) is 14.5. The molecule has 1 aliphatic heterocycles. The molecule has 2 heterocycles. The number of likely N-dealkylation sites (tertiary alicyclic amines) is 1. The number of amides is 1. The summed E-state index contributed by atoms with van der Waals surface area (Å²) in [5, 5.41) is 12.5. The van der Waals surface area contributed by atoms with Crippen LogP contribution in [-0.2, 0) is 4.74 Å². The van der Waals surface area contributed by atoms with Gasteiger partial charge in [-0.1, -0.05) is 25.6 Å². The molecular formula is C14H22N2O3S2.